The van der Waals surface area contributed by atoms with Gasteiger partial charge >= 0.3 is 11.8 Å². The van der Waals surface area contributed by atoms with E-state index in [2.05, 4.69) is 25.8 Å². The number of aromatic nitrogens is 1. The molecule has 188 valence electrons. The van der Waals surface area contributed by atoms with Gasteiger partial charge in [0, 0.05) is 43.2 Å². The molecule has 2 atom stereocenters. The Morgan fingerprint density at radius 3 is 2.57 bits per heavy atom. The highest BCUT2D eigenvalue weighted by molar-refractivity contribution is 7.13. The van der Waals surface area contributed by atoms with Crippen molar-refractivity contribution in [2.75, 3.05) is 32.0 Å². The van der Waals surface area contributed by atoms with E-state index >= 15 is 0 Å². The molecule has 0 radical (unpaired) electrons. The summed E-state index contributed by atoms with van der Waals surface area (Å²) in [5.41, 5.74) is 1.20. The lowest BCUT2D eigenvalue weighted by molar-refractivity contribution is -0.137. The topological polar surface area (TPSA) is 124 Å². The molecule has 10 nitrogen and oxygen atoms in total. The minimum absolute atomic E-state index is 0. The molecule has 0 spiro atoms. The highest BCUT2D eigenvalue weighted by Crippen LogP contribution is 2.24. The molecule has 35 heavy (non-hydrogen) atoms. The molecule has 1 aromatic carbocycles. The van der Waals surface area contributed by atoms with E-state index in [0.717, 1.165) is 30.1 Å². The van der Waals surface area contributed by atoms with Gasteiger partial charge in [0.15, 0.2) is 5.01 Å². The Morgan fingerprint density at radius 1 is 1.11 bits per heavy atom. The standard InChI is InChI=1S/C22H25FN6O4S.ClH/c1-28-8-6-16-18(11-28)34-22(27-16)21(33)26-17-10-29(12-30)9-7-15(17)25-20(32)19(31)24-14-4-2-13(23)3-5-14;/h2-5,12,15,17H,6-11H2,1H3,(H,24,31)(H,25,32)(H,26,33);1H/t15-,17+;/m0./s1. The van der Waals surface area contributed by atoms with Crippen LogP contribution in [0.1, 0.15) is 26.8 Å². The number of hydrogen-bond acceptors (Lipinski definition) is 7. The number of piperidine rings is 1. The highest BCUT2D eigenvalue weighted by Gasteiger charge is 2.33. The summed E-state index contributed by atoms with van der Waals surface area (Å²) >= 11 is 1.34. The number of benzene rings is 1. The van der Waals surface area contributed by atoms with Gasteiger partial charge in [-0.25, -0.2) is 9.37 Å². The van der Waals surface area contributed by atoms with Gasteiger partial charge in [0.1, 0.15) is 5.82 Å². The SMILES string of the molecule is CN1CCc2nc(C(=O)N[C@@H]3CN(C=O)CC[C@@H]3NC(=O)C(=O)Nc3ccc(F)cc3)sc2C1.Cl. The molecule has 13 heteroatoms. The molecule has 0 unspecified atom stereocenters. The van der Waals surface area contributed by atoms with Gasteiger partial charge in [-0.2, -0.15) is 0 Å². The molecule has 1 saturated heterocycles. The van der Waals surface area contributed by atoms with Crippen LogP contribution < -0.4 is 16.0 Å². The van der Waals surface area contributed by atoms with Gasteiger partial charge in [0.2, 0.25) is 6.41 Å². The number of carbonyl (C=O) groups excluding carboxylic acids is 4. The molecule has 4 amide bonds. The van der Waals surface area contributed by atoms with Crippen molar-refractivity contribution in [1.29, 1.82) is 0 Å². The van der Waals surface area contributed by atoms with Gasteiger partial charge in [-0.1, -0.05) is 0 Å². The number of fused-ring (bicyclic) bond motifs is 1. The van der Waals surface area contributed by atoms with E-state index in [1.807, 2.05) is 7.05 Å². The second-order valence-corrected chi connectivity index (χ2v) is 9.47. The van der Waals surface area contributed by atoms with Crippen molar-refractivity contribution in [3.05, 3.63) is 45.7 Å². The van der Waals surface area contributed by atoms with Crippen LogP contribution in [0.5, 0.6) is 0 Å². The zero-order valence-electron chi connectivity index (χ0n) is 19.0. The number of hydrogen-bond donors (Lipinski definition) is 3. The number of rotatable bonds is 5. The first-order valence-electron chi connectivity index (χ1n) is 10.9. The summed E-state index contributed by atoms with van der Waals surface area (Å²) in [4.78, 5) is 58.2. The number of carbonyl (C=O) groups is 4. The number of likely N-dealkylation sites (tertiary alicyclic amines) is 1. The Bertz CT molecular complexity index is 1100. The molecule has 3 N–H and O–H groups in total. The fraction of sp³-hybridized carbons (Fsp3) is 0.409. The number of nitrogens with one attached hydrogen (secondary N) is 3. The molecule has 0 aliphatic carbocycles. The van der Waals surface area contributed by atoms with Crippen LogP contribution in [-0.4, -0.2) is 77.7 Å². The first-order valence-corrected chi connectivity index (χ1v) is 11.7. The maximum Gasteiger partial charge on any atom is 0.313 e. The molecule has 2 aromatic rings. The lowest BCUT2D eigenvalue weighted by Crippen LogP contribution is -2.61. The number of halogens is 2. The second kappa shape index (κ2) is 11.6. The number of nitrogens with zero attached hydrogens (tertiary/aromatic N) is 3. The molecule has 1 aromatic heterocycles. The van der Waals surface area contributed by atoms with Crippen LogP contribution in [0.25, 0.3) is 0 Å². The summed E-state index contributed by atoms with van der Waals surface area (Å²) in [6, 6.07) is 3.87. The zero-order valence-corrected chi connectivity index (χ0v) is 20.6. The van der Waals surface area contributed by atoms with Gasteiger partial charge in [0.05, 0.1) is 17.8 Å². The monoisotopic (exact) mass is 524 g/mol. The van der Waals surface area contributed by atoms with E-state index < -0.39 is 29.7 Å². The number of thiazole rings is 1. The lowest BCUT2D eigenvalue weighted by Gasteiger charge is -2.37. The summed E-state index contributed by atoms with van der Waals surface area (Å²) in [6.45, 7) is 2.18. The average molecular weight is 525 g/mol. The van der Waals surface area contributed by atoms with Crippen molar-refractivity contribution in [3.8, 4) is 0 Å². The molecule has 3 heterocycles. The Labute approximate surface area is 211 Å². The third-order valence-electron chi connectivity index (χ3n) is 5.85. The third kappa shape index (κ3) is 6.53. The first kappa shape index (κ1) is 26.5. The van der Waals surface area contributed by atoms with E-state index in [1.54, 1.807) is 0 Å². The van der Waals surface area contributed by atoms with Gasteiger partial charge in [-0.3, -0.25) is 19.2 Å². The lowest BCUT2D eigenvalue weighted by atomic mass is 9.99. The Balaban J connectivity index is 0.00000342. The number of anilines is 1. The van der Waals surface area contributed by atoms with Crippen molar-refractivity contribution in [2.24, 2.45) is 0 Å². The van der Waals surface area contributed by atoms with E-state index in [9.17, 15) is 23.6 Å². The summed E-state index contributed by atoms with van der Waals surface area (Å²) in [5, 5.41) is 8.27. The maximum absolute atomic E-state index is 13.0. The minimum atomic E-state index is -0.911. The van der Waals surface area contributed by atoms with Crippen LogP contribution in [0.3, 0.4) is 0 Å². The predicted molar refractivity (Wildman–Crippen MR) is 130 cm³/mol. The smallest absolute Gasteiger partial charge is 0.313 e. The fourth-order valence-electron chi connectivity index (χ4n) is 4.00. The van der Waals surface area contributed by atoms with Crippen molar-refractivity contribution in [1.82, 2.24) is 25.4 Å². The molecule has 0 saturated carbocycles. The summed E-state index contributed by atoms with van der Waals surface area (Å²) in [6.07, 6.45) is 1.83. The van der Waals surface area contributed by atoms with Crippen LogP contribution in [0.2, 0.25) is 0 Å². The quantitative estimate of drug-likeness (QED) is 0.392. The second-order valence-electron chi connectivity index (χ2n) is 8.39. The zero-order chi connectivity index (χ0) is 24.2. The Morgan fingerprint density at radius 2 is 1.86 bits per heavy atom. The van der Waals surface area contributed by atoms with Crippen molar-refractivity contribution in [3.63, 3.8) is 0 Å². The van der Waals surface area contributed by atoms with Crippen molar-refractivity contribution < 1.29 is 23.6 Å². The molecular formula is C22H26ClFN6O4S. The first-order chi connectivity index (χ1) is 16.3. The van der Waals surface area contributed by atoms with Crippen molar-refractivity contribution >= 4 is 53.6 Å². The largest absolute Gasteiger partial charge is 0.343 e. The normalized spacial score (nSPS) is 19.7. The summed E-state index contributed by atoms with van der Waals surface area (Å²) in [7, 11) is 2.01. The number of likely N-dealkylation sites (N-methyl/N-ethyl adjacent to an activating group) is 1. The molecular weight excluding hydrogens is 499 g/mol. The predicted octanol–water partition coefficient (Wildman–Crippen LogP) is 0.776. The van der Waals surface area contributed by atoms with Crippen LogP contribution >= 0.6 is 23.7 Å². The molecule has 0 bridgehead atoms. The van der Waals surface area contributed by atoms with E-state index in [4.69, 9.17) is 0 Å². The Hall–Kier alpha value is -3.09. The van der Waals surface area contributed by atoms with Crippen LogP contribution in [0.15, 0.2) is 24.3 Å². The van der Waals surface area contributed by atoms with Gasteiger partial charge in [-0.15, -0.1) is 23.7 Å². The molecule has 4 rings (SSSR count). The van der Waals surface area contributed by atoms with Gasteiger partial charge in [-0.05, 0) is 37.7 Å². The van der Waals surface area contributed by atoms with Gasteiger partial charge in [0.25, 0.3) is 5.91 Å². The van der Waals surface area contributed by atoms with E-state index in [1.165, 1.54) is 40.5 Å². The molecule has 2 aliphatic heterocycles. The maximum atomic E-state index is 13.0. The van der Waals surface area contributed by atoms with Crippen LogP contribution in [-0.2, 0) is 27.3 Å². The molecule has 2 aliphatic rings. The summed E-state index contributed by atoms with van der Waals surface area (Å²) < 4.78 is 13.0. The number of amides is 4. The van der Waals surface area contributed by atoms with Crippen LogP contribution in [0.4, 0.5) is 10.1 Å². The molecule has 1 fully saturated rings. The minimum Gasteiger partial charge on any atom is -0.343 e. The summed E-state index contributed by atoms with van der Waals surface area (Å²) in [5.74, 6) is -2.64. The average Bonchev–Trinajstić information content (AvgIpc) is 3.25. The third-order valence-corrected chi connectivity index (χ3v) is 6.93. The van der Waals surface area contributed by atoms with Crippen molar-refractivity contribution in [2.45, 2.75) is 31.5 Å². The fourth-order valence-corrected chi connectivity index (χ4v) is 5.09. The Kier molecular flexibility index (Phi) is 8.76. The van der Waals surface area contributed by atoms with E-state index in [-0.39, 0.29) is 30.5 Å². The highest BCUT2D eigenvalue weighted by atomic mass is 35.5. The van der Waals surface area contributed by atoms with E-state index in [0.29, 0.717) is 24.4 Å². The van der Waals surface area contributed by atoms with Crippen LogP contribution in [0, 0.1) is 5.82 Å². The van der Waals surface area contributed by atoms with Gasteiger partial charge < -0.3 is 25.8 Å².